The van der Waals surface area contributed by atoms with Gasteiger partial charge in [-0.25, -0.2) is 0 Å². The average Bonchev–Trinajstić information content (AvgIpc) is 2.36. The van der Waals surface area contributed by atoms with E-state index in [-0.39, 0.29) is 10.8 Å². The van der Waals surface area contributed by atoms with Crippen LogP contribution in [0.4, 0.5) is 0 Å². The lowest BCUT2D eigenvalue weighted by Gasteiger charge is -2.28. The molecule has 0 amide bonds. The lowest BCUT2D eigenvalue weighted by Crippen LogP contribution is -2.16. The summed E-state index contributed by atoms with van der Waals surface area (Å²) in [6.45, 7) is 24.7. The second-order valence-electron chi connectivity index (χ2n) is 8.91. The molecule has 0 bridgehead atoms. The number of rotatable bonds is 7. The van der Waals surface area contributed by atoms with Crippen LogP contribution in [0.5, 0.6) is 0 Å². The first kappa shape index (κ1) is 21.2. The van der Waals surface area contributed by atoms with E-state index in [4.69, 9.17) is 0 Å². The Morgan fingerprint density at radius 1 is 0.909 bits per heavy atom. The summed E-state index contributed by atoms with van der Waals surface area (Å²) in [4.78, 5) is 0. The topological polar surface area (TPSA) is 0 Å². The standard InChI is InChI=1S/C22H40/c1-11-18(4)20(22(8,9)10)16-14-17(3)13-15-19(12-2)21(5,6)7/h12,15-18H,2,11,13-14H2,1,3-10H3. The molecular formula is C22H40. The van der Waals surface area contributed by atoms with Gasteiger partial charge in [-0.3, -0.25) is 0 Å². The molecule has 0 aliphatic carbocycles. The summed E-state index contributed by atoms with van der Waals surface area (Å²) in [5.74, 6) is 1.36. The third kappa shape index (κ3) is 7.47. The highest BCUT2D eigenvalue weighted by molar-refractivity contribution is 5.23. The summed E-state index contributed by atoms with van der Waals surface area (Å²) >= 11 is 0. The van der Waals surface area contributed by atoms with Crippen LogP contribution in [-0.4, -0.2) is 0 Å². The summed E-state index contributed by atoms with van der Waals surface area (Å²) in [6.07, 6.45) is 10.4. The average molecular weight is 305 g/mol. The zero-order valence-electron chi connectivity index (χ0n) is 16.7. The van der Waals surface area contributed by atoms with Crippen molar-refractivity contribution in [3.8, 4) is 0 Å². The molecule has 22 heavy (non-hydrogen) atoms. The molecule has 128 valence electrons. The molecule has 0 N–H and O–H groups in total. The van der Waals surface area contributed by atoms with Gasteiger partial charge in [0.05, 0.1) is 0 Å². The summed E-state index contributed by atoms with van der Waals surface area (Å²) in [6, 6.07) is 0. The molecule has 0 aromatic carbocycles. The van der Waals surface area contributed by atoms with Crippen LogP contribution in [0.2, 0.25) is 0 Å². The van der Waals surface area contributed by atoms with Crippen molar-refractivity contribution >= 4 is 0 Å². The van der Waals surface area contributed by atoms with Crippen molar-refractivity contribution in [3.05, 3.63) is 36.0 Å². The minimum absolute atomic E-state index is 0.199. The zero-order valence-corrected chi connectivity index (χ0v) is 16.7. The maximum Gasteiger partial charge on any atom is -0.0135 e. The molecule has 0 aromatic rings. The van der Waals surface area contributed by atoms with Gasteiger partial charge < -0.3 is 0 Å². The van der Waals surface area contributed by atoms with Crippen molar-refractivity contribution in [1.82, 2.24) is 0 Å². The minimum Gasteiger partial charge on any atom is -0.0988 e. The molecule has 0 aliphatic heterocycles. The molecule has 0 saturated carbocycles. The summed E-state index contributed by atoms with van der Waals surface area (Å²) in [5.41, 5.74) is 3.46. The number of hydrogen-bond donors (Lipinski definition) is 0. The molecule has 0 spiro atoms. The first-order valence-corrected chi connectivity index (χ1v) is 8.97. The van der Waals surface area contributed by atoms with Gasteiger partial charge in [0.15, 0.2) is 0 Å². The van der Waals surface area contributed by atoms with E-state index in [1.807, 2.05) is 6.08 Å². The lowest BCUT2D eigenvalue weighted by atomic mass is 9.77. The molecule has 0 radical (unpaired) electrons. The van der Waals surface area contributed by atoms with Gasteiger partial charge in [-0.05, 0) is 47.5 Å². The van der Waals surface area contributed by atoms with E-state index in [9.17, 15) is 0 Å². The van der Waals surface area contributed by atoms with Crippen LogP contribution in [0, 0.1) is 22.7 Å². The van der Waals surface area contributed by atoms with Gasteiger partial charge in [0.25, 0.3) is 0 Å². The number of hydrogen-bond acceptors (Lipinski definition) is 0. The first-order valence-electron chi connectivity index (χ1n) is 8.97. The molecule has 2 unspecified atom stereocenters. The molecule has 2 atom stereocenters. The van der Waals surface area contributed by atoms with Crippen LogP contribution < -0.4 is 0 Å². The van der Waals surface area contributed by atoms with Gasteiger partial charge in [0, 0.05) is 0 Å². The first-order chi connectivity index (χ1) is 9.93. The highest BCUT2D eigenvalue weighted by Crippen LogP contribution is 2.34. The molecule has 0 heteroatoms. The van der Waals surface area contributed by atoms with Gasteiger partial charge in [-0.15, -0.1) is 0 Å². The highest BCUT2D eigenvalue weighted by atomic mass is 14.3. The molecule has 0 aliphatic rings. The fourth-order valence-corrected chi connectivity index (χ4v) is 2.91. The van der Waals surface area contributed by atoms with Crippen molar-refractivity contribution in [3.63, 3.8) is 0 Å². The largest absolute Gasteiger partial charge is 0.0988 e. The van der Waals surface area contributed by atoms with Gasteiger partial charge in [-0.1, -0.05) is 92.7 Å². The van der Waals surface area contributed by atoms with Crippen molar-refractivity contribution in [2.24, 2.45) is 22.7 Å². The smallest absolute Gasteiger partial charge is 0.0135 e. The van der Waals surface area contributed by atoms with Gasteiger partial charge in [0.1, 0.15) is 0 Å². The Bertz CT molecular complexity index is 393. The van der Waals surface area contributed by atoms with Crippen LogP contribution in [-0.2, 0) is 0 Å². The fraction of sp³-hybridized carbons (Fsp3) is 0.727. The van der Waals surface area contributed by atoms with Crippen molar-refractivity contribution in [2.75, 3.05) is 0 Å². The van der Waals surface area contributed by atoms with Gasteiger partial charge in [-0.2, -0.15) is 0 Å². The van der Waals surface area contributed by atoms with E-state index in [0.29, 0.717) is 11.8 Å². The molecule has 0 heterocycles. The molecule has 0 fully saturated rings. The Kier molecular flexibility index (Phi) is 8.44. The predicted octanol–water partition coefficient (Wildman–Crippen LogP) is 7.58. The molecular weight excluding hydrogens is 264 g/mol. The maximum atomic E-state index is 3.97. The second-order valence-corrected chi connectivity index (χ2v) is 8.91. The van der Waals surface area contributed by atoms with E-state index in [0.717, 1.165) is 6.42 Å². The second kappa shape index (κ2) is 8.75. The Morgan fingerprint density at radius 2 is 1.41 bits per heavy atom. The highest BCUT2D eigenvalue weighted by Gasteiger charge is 2.21. The Labute approximate surface area is 140 Å². The quantitative estimate of drug-likeness (QED) is 0.336. The van der Waals surface area contributed by atoms with Gasteiger partial charge >= 0.3 is 0 Å². The third-order valence-corrected chi connectivity index (χ3v) is 4.58. The van der Waals surface area contributed by atoms with Crippen LogP contribution in [0.3, 0.4) is 0 Å². The SMILES string of the molecule is C=CC(=CCC(C)CC=C(C(C)CC)C(C)(C)C)C(C)(C)C. The van der Waals surface area contributed by atoms with Crippen molar-refractivity contribution < 1.29 is 0 Å². The van der Waals surface area contributed by atoms with Crippen molar-refractivity contribution in [2.45, 2.75) is 81.6 Å². The van der Waals surface area contributed by atoms with Crippen LogP contribution in [0.1, 0.15) is 81.6 Å². The zero-order chi connectivity index (χ0) is 17.6. The molecule has 0 rings (SSSR count). The summed E-state index contributed by atoms with van der Waals surface area (Å²) in [5, 5.41) is 0. The molecule has 0 saturated heterocycles. The fourth-order valence-electron chi connectivity index (χ4n) is 2.91. The van der Waals surface area contributed by atoms with Crippen LogP contribution in [0.15, 0.2) is 36.0 Å². The Hall–Kier alpha value is -0.780. The molecule has 0 aromatic heterocycles. The minimum atomic E-state index is 0.199. The number of allylic oxidation sites excluding steroid dienone is 5. The summed E-state index contributed by atoms with van der Waals surface area (Å²) in [7, 11) is 0. The monoisotopic (exact) mass is 304 g/mol. The third-order valence-electron chi connectivity index (χ3n) is 4.58. The Morgan fingerprint density at radius 3 is 1.77 bits per heavy atom. The van der Waals surface area contributed by atoms with Crippen LogP contribution in [0.25, 0.3) is 0 Å². The maximum absolute atomic E-state index is 3.97. The Balaban J connectivity index is 4.91. The van der Waals surface area contributed by atoms with E-state index in [1.54, 1.807) is 5.57 Å². The van der Waals surface area contributed by atoms with Gasteiger partial charge in [0.2, 0.25) is 0 Å². The van der Waals surface area contributed by atoms with Crippen LogP contribution >= 0.6 is 0 Å². The lowest BCUT2D eigenvalue weighted by molar-refractivity contribution is 0.423. The van der Waals surface area contributed by atoms with E-state index >= 15 is 0 Å². The van der Waals surface area contributed by atoms with E-state index < -0.39 is 0 Å². The predicted molar refractivity (Wildman–Crippen MR) is 103 cm³/mol. The van der Waals surface area contributed by atoms with E-state index in [2.05, 4.69) is 81.0 Å². The normalized spacial score (nSPS) is 17.3. The molecule has 0 nitrogen and oxygen atoms in total. The van der Waals surface area contributed by atoms with Crippen molar-refractivity contribution in [1.29, 1.82) is 0 Å². The van der Waals surface area contributed by atoms with E-state index in [1.165, 1.54) is 18.4 Å². The summed E-state index contributed by atoms with van der Waals surface area (Å²) < 4.78 is 0.